The van der Waals surface area contributed by atoms with Crippen molar-refractivity contribution in [1.29, 1.82) is 0 Å². The molecule has 6 N–H and O–H groups in total. The van der Waals surface area contributed by atoms with Gasteiger partial charge in [0.05, 0.1) is 6.04 Å². The zero-order valence-corrected chi connectivity index (χ0v) is 10.2. The normalized spacial score (nSPS) is 13.6. The van der Waals surface area contributed by atoms with Crippen molar-refractivity contribution < 1.29 is 19.1 Å². The molecule has 1 amide bonds. The number of carbonyl (C=O) groups is 2. The van der Waals surface area contributed by atoms with E-state index in [-0.39, 0.29) is 13.0 Å². The monoisotopic (exact) mass is 269 g/mol. The Bertz CT molecular complexity index is 450. The summed E-state index contributed by atoms with van der Waals surface area (Å²) in [5, 5.41) is 11.3. The molecule has 0 bridgehead atoms. The lowest BCUT2D eigenvalue weighted by Gasteiger charge is -2.17. The molecule has 0 heterocycles. The predicted octanol–water partition coefficient (Wildman–Crippen LogP) is -0.776. The smallest absolute Gasteiger partial charge is 0.326 e. The molecule has 19 heavy (non-hydrogen) atoms. The molecule has 0 radical (unpaired) electrons. The zero-order chi connectivity index (χ0) is 14.4. The lowest BCUT2D eigenvalue weighted by molar-refractivity contribution is -0.141. The number of carboxylic acid groups (broad SMARTS) is 1. The van der Waals surface area contributed by atoms with Gasteiger partial charge in [0, 0.05) is 13.0 Å². The largest absolute Gasteiger partial charge is 0.480 e. The van der Waals surface area contributed by atoms with E-state index in [4.69, 9.17) is 16.6 Å². The SMILES string of the molecule is NC[C@@H](N)C(=O)NC(Cc1ccc(F)cc1)C(=O)O. The van der Waals surface area contributed by atoms with Crippen LogP contribution in [0.3, 0.4) is 0 Å². The average molecular weight is 269 g/mol. The van der Waals surface area contributed by atoms with Crippen molar-refractivity contribution in [3.63, 3.8) is 0 Å². The number of rotatable bonds is 6. The summed E-state index contributed by atoms with van der Waals surface area (Å²) in [7, 11) is 0. The second kappa shape index (κ2) is 6.81. The summed E-state index contributed by atoms with van der Waals surface area (Å²) in [4.78, 5) is 22.6. The van der Waals surface area contributed by atoms with E-state index in [1.807, 2.05) is 0 Å². The fraction of sp³-hybridized carbons (Fsp3) is 0.333. The van der Waals surface area contributed by atoms with Gasteiger partial charge < -0.3 is 21.9 Å². The molecule has 0 fully saturated rings. The van der Waals surface area contributed by atoms with E-state index in [1.165, 1.54) is 24.3 Å². The van der Waals surface area contributed by atoms with Crippen LogP contribution in [0.4, 0.5) is 4.39 Å². The van der Waals surface area contributed by atoms with Crippen LogP contribution in [0.1, 0.15) is 5.56 Å². The van der Waals surface area contributed by atoms with Crippen LogP contribution in [0.5, 0.6) is 0 Å². The van der Waals surface area contributed by atoms with Crippen LogP contribution in [0.25, 0.3) is 0 Å². The van der Waals surface area contributed by atoms with Gasteiger partial charge >= 0.3 is 5.97 Å². The molecule has 6 nitrogen and oxygen atoms in total. The molecule has 0 aliphatic heterocycles. The summed E-state index contributed by atoms with van der Waals surface area (Å²) in [6, 6.07) is 3.29. The number of aliphatic carboxylic acids is 1. The molecular formula is C12H16FN3O3. The molecule has 0 aliphatic carbocycles. The number of hydrogen-bond acceptors (Lipinski definition) is 4. The maximum atomic E-state index is 12.7. The van der Waals surface area contributed by atoms with E-state index >= 15 is 0 Å². The first kappa shape index (κ1) is 15.1. The fourth-order valence-electron chi connectivity index (χ4n) is 1.44. The van der Waals surface area contributed by atoms with Gasteiger partial charge in [0.2, 0.25) is 5.91 Å². The minimum absolute atomic E-state index is 0.0403. The van der Waals surface area contributed by atoms with Gasteiger partial charge in [-0.25, -0.2) is 9.18 Å². The van der Waals surface area contributed by atoms with Gasteiger partial charge in [-0.3, -0.25) is 4.79 Å². The minimum Gasteiger partial charge on any atom is -0.480 e. The Morgan fingerprint density at radius 1 is 1.32 bits per heavy atom. The van der Waals surface area contributed by atoms with Crippen molar-refractivity contribution in [2.24, 2.45) is 11.5 Å². The lowest BCUT2D eigenvalue weighted by atomic mass is 10.1. The molecule has 0 aromatic heterocycles. The van der Waals surface area contributed by atoms with Gasteiger partial charge in [-0.1, -0.05) is 12.1 Å². The van der Waals surface area contributed by atoms with Gasteiger partial charge in [0.25, 0.3) is 0 Å². The quantitative estimate of drug-likeness (QED) is 0.540. The van der Waals surface area contributed by atoms with Crippen LogP contribution in [-0.2, 0) is 16.0 Å². The Morgan fingerprint density at radius 2 is 1.89 bits per heavy atom. The van der Waals surface area contributed by atoms with Gasteiger partial charge in [-0.2, -0.15) is 0 Å². The highest BCUT2D eigenvalue weighted by Crippen LogP contribution is 2.06. The van der Waals surface area contributed by atoms with Crippen LogP contribution in [-0.4, -0.2) is 35.6 Å². The number of carboxylic acids is 1. The number of hydrogen-bond donors (Lipinski definition) is 4. The molecule has 0 saturated carbocycles. The number of amides is 1. The first-order valence-corrected chi connectivity index (χ1v) is 5.67. The standard InChI is InChI=1S/C12H16FN3O3/c13-8-3-1-7(2-4-8)5-10(12(18)19)16-11(17)9(15)6-14/h1-4,9-10H,5-6,14-15H2,(H,16,17)(H,18,19)/t9-,10?/m1/s1. The van der Waals surface area contributed by atoms with Gasteiger partial charge in [-0.15, -0.1) is 0 Å². The van der Waals surface area contributed by atoms with Crippen molar-refractivity contribution in [1.82, 2.24) is 5.32 Å². The molecular weight excluding hydrogens is 253 g/mol. The Hall–Kier alpha value is -1.99. The molecule has 1 rings (SSSR count). The van der Waals surface area contributed by atoms with E-state index in [1.54, 1.807) is 0 Å². The van der Waals surface area contributed by atoms with Crippen LogP contribution in [0.2, 0.25) is 0 Å². The summed E-state index contributed by atoms with van der Waals surface area (Å²) < 4.78 is 12.7. The van der Waals surface area contributed by atoms with E-state index in [0.29, 0.717) is 5.56 Å². The Kier molecular flexibility index (Phi) is 5.40. The number of halogens is 1. The zero-order valence-electron chi connectivity index (χ0n) is 10.2. The first-order valence-electron chi connectivity index (χ1n) is 5.67. The third-order valence-corrected chi connectivity index (χ3v) is 2.56. The summed E-state index contributed by atoms with van der Waals surface area (Å²) in [5.74, 6) is -2.23. The summed E-state index contributed by atoms with van der Waals surface area (Å²) in [6.07, 6.45) is 0.0403. The van der Waals surface area contributed by atoms with Gasteiger partial charge in [0.1, 0.15) is 11.9 Å². The van der Waals surface area contributed by atoms with Crippen molar-refractivity contribution in [2.75, 3.05) is 6.54 Å². The second-order valence-electron chi connectivity index (χ2n) is 4.07. The van der Waals surface area contributed by atoms with E-state index in [0.717, 1.165) is 0 Å². The average Bonchev–Trinajstić information content (AvgIpc) is 2.39. The Morgan fingerprint density at radius 3 is 2.37 bits per heavy atom. The maximum absolute atomic E-state index is 12.7. The third-order valence-electron chi connectivity index (χ3n) is 2.56. The molecule has 7 heteroatoms. The number of carbonyl (C=O) groups excluding carboxylic acids is 1. The summed E-state index contributed by atoms with van der Waals surface area (Å²) >= 11 is 0. The molecule has 0 spiro atoms. The third kappa shape index (κ3) is 4.65. The topological polar surface area (TPSA) is 118 Å². The Balaban J connectivity index is 2.71. The van der Waals surface area contributed by atoms with Crippen molar-refractivity contribution in [3.05, 3.63) is 35.6 Å². The van der Waals surface area contributed by atoms with Crippen LogP contribution in [0, 0.1) is 5.82 Å². The van der Waals surface area contributed by atoms with Gasteiger partial charge in [0.15, 0.2) is 0 Å². The van der Waals surface area contributed by atoms with E-state index in [2.05, 4.69) is 5.32 Å². The molecule has 1 unspecified atom stereocenters. The van der Waals surface area contributed by atoms with E-state index < -0.39 is 29.8 Å². The van der Waals surface area contributed by atoms with Gasteiger partial charge in [-0.05, 0) is 17.7 Å². The second-order valence-corrected chi connectivity index (χ2v) is 4.07. The predicted molar refractivity (Wildman–Crippen MR) is 66.7 cm³/mol. The van der Waals surface area contributed by atoms with Crippen LogP contribution >= 0.6 is 0 Å². The Labute approximate surface area is 109 Å². The number of nitrogens with two attached hydrogens (primary N) is 2. The number of nitrogens with one attached hydrogen (secondary N) is 1. The summed E-state index contributed by atoms with van der Waals surface area (Å²) in [6.45, 7) is -0.0747. The number of benzene rings is 1. The highest BCUT2D eigenvalue weighted by molar-refractivity contribution is 5.87. The maximum Gasteiger partial charge on any atom is 0.326 e. The molecule has 2 atom stereocenters. The van der Waals surface area contributed by atoms with Crippen LogP contribution < -0.4 is 16.8 Å². The summed E-state index contributed by atoms with van der Waals surface area (Å²) in [5.41, 5.74) is 11.2. The van der Waals surface area contributed by atoms with Crippen molar-refractivity contribution >= 4 is 11.9 Å². The molecule has 104 valence electrons. The molecule has 0 aliphatic rings. The minimum atomic E-state index is -1.19. The first-order chi connectivity index (χ1) is 8.93. The molecule has 1 aromatic carbocycles. The highest BCUT2D eigenvalue weighted by Gasteiger charge is 2.22. The van der Waals surface area contributed by atoms with Crippen molar-refractivity contribution in [2.45, 2.75) is 18.5 Å². The molecule has 1 aromatic rings. The molecule has 0 saturated heterocycles. The van der Waals surface area contributed by atoms with E-state index in [9.17, 15) is 14.0 Å². The highest BCUT2D eigenvalue weighted by atomic mass is 19.1. The lowest BCUT2D eigenvalue weighted by Crippen LogP contribution is -2.51. The van der Waals surface area contributed by atoms with Crippen molar-refractivity contribution in [3.8, 4) is 0 Å². The fourth-order valence-corrected chi connectivity index (χ4v) is 1.44. The van der Waals surface area contributed by atoms with Crippen LogP contribution in [0.15, 0.2) is 24.3 Å².